The average Bonchev–Trinajstić information content (AvgIpc) is 3.01. The highest BCUT2D eigenvalue weighted by atomic mass is 16.5. The molecule has 1 N–H and O–H groups in total. The van der Waals surface area contributed by atoms with Crippen LogP contribution in [0.25, 0.3) is 0 Å². The fourth-order valence-corrected chi connectivity index (χ4v) is 2.51. The predicted octanol–water partition coefficient (Wildman–Crippen LogP) is 2.36. The monoisotopic (exact) mass is 291 g/mol. The SMILES string of the molecule is CCC(C)(O)CN(Cc1ccccc1)C(=O)[C@@H]1CCCO1. The van der Waals surface area contributed by atoms with Gasteiger partial charge in [0, 0.05) is 19.7 Å². The molecule has 1 unspecified atom stereocenters. The van der Waals surface area contributed by atoms with Crippen LogP contribution in [0.2, 0.25) is 0 Å². The van der Waals surface area contributed by atoms with Crippen molar-refractivity contribution in [3.05, 3.63) is 35.9 Å². The van der Waals surface area contributed by atoms with E-state index in [4.69, 9.17) is 4.74 Å². The quantitative estimate of drug-likeness (QED) is 0.875. The summed E-state index contributed by atoms with van der Waals surface area (Å²) in [6.07, 6.45) is 1.97. The van der Waals surface area contributed by atoms with Gasteiger partial charge in [0.25, 0.3) is 5.91 Å². The molecule has 1 aromatic carbocycles. The zero-order valence-electron chi connectivity index (χ0n) is 12.9. The minimum absolute atomic E-state index is 0.00919. The standard InChI is InChI=1S/C17H25NO3/c1-3-17(2,20)13-18(12-14-8-5-4-6-9-14)16(19)15-10-7-11-21-15/h4-6,8-9,15,20H,3,7,10-13H2,1-2H3/t15-,17?/m0/s1. The van der Waals surface area contributed by atoms with Crippen molar-refractivity contribution in [1.82, 2.24) is 4.90 Å². The normalized spacial score (nSPS) is 21.0. The van der Waals surface area contributed by atoms with E-state index in [9.17, 15) is 9.90 Å². The molecule has 2 atom stereocenters. The molecule has 1 aromatic rings. The Labute approximate surface area is 126 Å². The zero-order chi connectivity index (χ0) is 15.3. The first-order valence-electron chi connectivity index (χ1n) is 7.68. The van der Waals surface area contributed by atoms with E-state index in [1.54, 1.807) is 11.8 Å². The smallest absolute Gasteiger partial charge is 0.252 e. The van der Waals surface area contributed by atoms with Crippen LogP contribution in [-0.4, -0.2) is 40.8 Å². The molecular formula is C17H25NO3. The van der Waals surface area contributed by atoms with Crippen LogP contribution in [0.15, 0.2) is 30.3 Å². The van der Waals surface area contributed by atoms with Gasteiger partial charge in [0.2, 0.25) is 0 Å². The van der Waals surface area contributed by atoms with Gasteiger partial charge in [-0.3, -0.25) is 4.79 Å². The Morgan fingerprint density at radius 2 is 2.14 bits per heavy atom. The third-order valence-electron chi connectivity index (χ3n) is 4.03. The van der Waals surface area contributed by atoms with Crippen molar-refractivity contribution in [3.63, 3.8) is 0 Å². The van der Waals surface area contributed by atoms with Gasteiger partial charge < -0.3 is 14.7 Å². The molecule has 1 saturated heterocycles. The first-order valence-corrected chi connectivity index (χ1v) is 7.68. The van der Waals surface area contributed by atoms with Crippen LogP contribution >= 0.6 is 0 Å². The fourth-order valence-electron chi connectivity index (χ4n) is 2.51. The summed E-state index contributed by atoms with van der Waals surface area (Å²) in [6, 6.07) is 9.87. The van der Waals surface area contributed by atoms with Crippen molar-refractivity contribution in [3.8, 4) is 0 Å². The van der Waals surface area contributed by atoms with Crippen LogP contribution in [-0.2, 0) is 16.1 Å². The molecule has 1 aliphatic rings. The summed E-state index contributed by atoms with van der Waals surface area (Å²) in [5.74, 6) is -0.00919. The van der Waals surface area contributed by atoms with Gasteiger partial charge in [-0.1, -0.05) is 37.3 Å². The number of amides is 1. The summed E-state index contributed by atoms with van der Waals surface area (Å²) in [5.41, 5.74) is 0.194. The third-order valence-corrected chi connectivity index (χ3v) is 4.03. The molecule has 0 spiro atoms. The topological polar surface area (TPSA) is 49.8 Å². The van der Waals surface area contributed by atoms with Crippen molar-refractivity contribution in [2.75, 3.05) is 13.2 Å². The molecule has 1 amide bonds. The number of benzene rings is 1. The molecule has 0 saturated carbocycles. The lowest BCUT2D eigenvalue weighted by atomic mass is 10.0. The molecule has 4 heteroatoms. The van der Waals surface area contributed by atoms with E-state index in [-0.39, 0.29) is 12.0 Å². The summed E-state index contributed by atoms with van der Waals surface area (Å²) in [5, 5.41) is 10.3. The Bertz CT molecular complexity index is 452. The van der Waals surface area contributed by atoms with Gasteiger partial charge in [0.05, 0.1) is 5.60 Å². The second-order valence-corrected chi connectivity index (χ2v) is 6.03. The first-order chi connectivity index (χ1) is 10.0. The predicted molar refractivity (Wildman–Crippen MR) is 81.7 cm³/mol. The van der Waals surface area contributed by atoms with Gasteiger partial charge in [0.15, 0.2) is 0 Å². The molecule has 1 fully saturated rings. The highest BCUT2D eigenvalue weighted by Gasteiger charge is 2.32. The molecule has 0 aliphatic carbocycles. The van der Waals surface area contributed by atoms with Gasteiger partial charge >= 0.3 is 0 Å². The maximum atomic E-state index is 12.6. The van der Waals surface area contributed by atoms with Crippen LogP contribution in [0.3, 0.4) is 0 Å². The Morgan fingerprint density at radius 3 is 2.71 bits per heavy atom. The van der Waals surface area contributed by atoms with Gasteiger partial charge in [-0.2, -0.15) is 0 Å². The number of rotatable bonds is 6. The maximum absolute atomic E-state index is 12.6. The van der Waals surface area contributed by atoms with Crippen molar-refractivity contribution >= 4 is 5.91 Å². The number of aliphatic hydroxyl groups is 1. The molecule has 1 aliphatic heterocycles. The molecule has 4 nitrogen and oxygen atoms in total. The van der Waals surface area contributed by atoms with E-state index in [0.29, 0.717) is 26.1 Å². The van der Waals surface area contributed by atoms with Crippen LogP contribution < -0.4 is 0 Å². The Morgan fingerprint density at radius 1 is 1.43 bits per heavy atom. The van der Waals surface area contributed by atoms with Crippen molar-refractivity contribution < 1.29 is 14.6 Å². The van der Waals surface area contributed by atoms with E-state index in [2.05, 4.69) is 0 Å². The molecule has 0 aromatic heterocycles. The molecule has 0 radical (unpaired) electrons. The number of carbonyl (C=O) groups is 1. The van der Waals surface area contributed by atoms with E-state index < -0.39 is 5.60 Å². The summed E-state index contributed by atoms with van der Waals surface area (Å²) in [6.45, 7) is 5.19. The summed E-state index contributed by atoms with van der Waals surface area (Å²) in [7, 11) is 0. The second-order valence-electron chi connectivity index (χ2n) is 6.03. The fraction of sp³-hybridized carbons (Fsp3) is 0.588. The zero-order valence-corrected chi connectivity index (χ0v) is 12.9. The summed E-state index contributed by atoms with van der Waals surface area (Å²) in [4.78, 5) is 14.4. The van der Waals surface area contributed by atoms with Crippen LogP contribution in [0.5, 0.6) is 0 Å². The minimum atomic E-state index is -0.872. The largest absolute Gasteiger partial charge is 0.388 e. The lowest BCUT2D eigenvalue weighted by Gasteiger charge is -2.32. The van der Waals surface area contributed by atoms with Gasteiger partial charge in [0.1, 0.15) is 6.10 Å². The van der Waals surface area contributed by atoms with Gasteiger partial charge in [-0.25, -0.2) is 0 Å². The van der Waals surface area contributed by atoms with Crippen molar-refractivity contribution in [2.45, 2.75) is 51.4 Å². The van der Waals surface area contributed by atoms with Crippen molar-refractivity contribution in [1.29, 1.82) is 0 Å². The highest BCUT2D eigenvalue weighted by Crippen LogP contribution is 2.19. The Kier molecular flexibility index (Phi) is 5.37. The van der Waals surface area contributed by atoms with Gasteiger partial charge in [-0.15, -0.1) is 0 Å². The molecular weight excluding hydrogens is 266 g/mol. The van der Waals surface area contributed by atoms with Crippen molar-refractivity contribution in [2.24, 2.45) is 0 Å². The number of hydrogen-bond donors (Lipinski definition) is 1. The average molecular weight is 291 g/mol. The Balaban J connectivity index is 2.11. The van der Waals surface area contributed by atoms with E-state index in [1.165, 1.54) is 0 Å². The first kappa shape index (κ1) is 16.0. The number of nitrogens with zero attached hydrogens (tertiary/aromatic N) is 1. The molecule has 0 bridgehead atoms. The number of hydrogen-bond acceptors (Lipinski definition) is 3. The van der Waals surface area contributed by atoms with Gasteiger partial charge in [-0.05, 0) is 31.7 Å². The van der Waals surface area contributed by atoms with E-state index >= 15 is 0 Å². The lowest BCUT2D eigenvalue weighted by molar-refractivity contribution is -0.145. The number of carbonyl (C=O) groups excluding carboxylic acids is 1. The molecule has 21 heavy (non-hydrogen) atoms. The molecule has 2 rings (SSSR count). The second kappa shape index (κ2) is 7.05. The summed E-state index contributed by atoms with van der Waals surface area (Å²) >= 11 is 0. The molecule has 1 heterocycles. The van der Waals surface area contributed by atoms with E-state index in [1.807, 2.05) is 37.3 Å². The summed E-state index contributed by atoms with van der Waals surface area (Å²) < 4.78 is 5.51. The molecule has 116 valence electrons. The third kappa shape index (κ3) is 4.55. The Hall–Kier alpha value is -1.39. The highest BCUT2D eigenvalue weighted by molar-refractivity contribution is 5.81. The maximum Gasteiger partial charge on any atom is 0.252 e. The van der Waals surface area contributed by atoms with E-state index in [0.717, 1.165) is 18.4 Å². The van der Waals surface area contributed by atoms with Crippen LogP contribution in [0.1, 0.15) is 38.7 Å². The van der Waals surface area contributed by atoms with Crippen LogP contribution in [0.4, 0.5) is 0 Å². The van der Waals surface area contributed by atoms with Crippen LogP contribution in [0, 0.1) is 0 Å². The number of ether oxygens (including phenoxy) is 1. The lowest BCUT2D eigenvalue weighted by Crippen LogP contribution is -2.46. The minimum Gasteiger partial charge on any atom is -0.388 e.